The number of thiophene rings is 1. The second kappa shape index (κ2) is 5.48. The number of aliphatic hydroxyl groups is 1. The van der Waals surface area contributed by atoms with E-state index in [2.05, 4.69) is 15.9 Å². The Morgan fingerprint density at radius 2 is 2.18 bits per heavy atom. The van der Waals surface area contributed by atoms with Crippen LogP contribution < -0.4 is 0 Å². The summed E-state index contributed by atoms with van der Waals surface area (Å²) in [6.07, 6.45) is -0.473. The predicted molar refractivity (Wildman–Crippen MR) is 72.1 cm³/mol. The Balaban J connectivity index is 2.20. The molecule has 90 valence electrons. The summed E-state index contributed by atoms with van der Waals surface area (Å²) in [5.41, 5.74) is 0.273. The fourth-order valence-electron chi connectivity index (χ4n) is 1.53. The van der Waals surface area contributed by atoms with Crippen molar-refractivity contribution >= 4 is 38.9 Å². The van der Waals surface area contributed by atoms with Crippen molar-refractivity contribution in [2.24, 2.45) is 0 Å². The fraction of sp³-hybridized carbons (Fsp3) is 0.167. The summed E-state index contributed by atoms with van der Waals surface area (Å²) in [5, 5.41) is 12.2. The van der Waals surface area contributed by atoms with Gasteiger partial charge in [-0.15, -0.1) is 11.3 Å². The van der Waals surface area contributed by atoms with E-state index in [9.17, 15) is 9.50 Å². The van der Waals surface area contributed by atoms with E-state index in [1.54, 1.807) is 6.07 Å². The fourth-order valence-corrected chi connectivity index (χ4v) is 3.24. The summed E-state index contributed by atoms with van der Waals surface area (Å²) in [6.45, 7) is 0. The number of hydrogen-bond acceptors (Lipinski definition) is 2. The van der Waals surface area contributed by atoms with Gasteiger partial charge in [0.2, 0.25) is 0 Å². The van der Waals surface area contributed by atoms with Gasteiger partial charge in [-0.2, -0.15) is 0 Å². The van der Waals surface area contributed by atoms with Crippen LogP contribution in [0.5, 0.6) is 0 Å². The number of halogens is 3. The molecule has 1 N–H and O–H groups in total. The summed E-state index contributed by atoms with van der Waals surface area (Å²) in [5.74, 6) is -0.474. The highest BCUT2D eigenvalue weighted by molar-refractivity contribution is 9.10. The van der Waals surface area contributed by atoms with Crippen molar-refractivity contribution < 1.29 is 9.50 Å². The highest BCUT2D eigenvalue weighted by Crippen LogP contribution is 2.29. The normalized spacial score (nSPS) is 12.7. The summed E-state index contributed by atoms with van der Waals surface area (Å²) < 4.78 is 14.5. The van der Waals surface area contributed by atoms with Gasteiger partial charge in [-0.05, 0) is 39.5 Å². The first-order valence-corrected chi connectivity index (χ1v) is 6.98. The molecule has 1 heterocycles. The second-order valence-electron chi connectivity index (χ2n) is 3.58. The third-order valence-corrected chi connectivity index (χ3v) is 4.58. The lowest BCUT2D eigenvalue weighted by molar-refractivity contribution is 0.174. The van der Waals surface area contributed by atoms with Crippen LogP contribution in [0.1, 0.15) is 16.5 Å². The van der Waals surface area contributed by atoms with Gasteiger partial charge in [0.1, 0.15) is 5.82 Å². The standard InChI is InChI=1S/C12H9BrClFOS/c13-9-3-4-17-12(9)6-11(16)8-2-1-7(14)5-10(8)15/h1-5,11,16H,6H2. The van der Waals surface area contributed by atoms with E-state index < -0.39 is 11.9 Å². The van der Waals surface area contributed by atoms with Gasteiger partial charge in [0.25, 0.3) is 0 Å². The first-order chi connectivity index (χ1) is 8.08. The Morgan fingerprint density at radius 3 is 2.76 bits per heavy atom. The number of benzene rings is 1. The third-order valence-electron chi connectivity index (χ3n) is 2.39. The average Bonchev–Trinajstić information content (AvgIpc) is 2.64. The molecule has 2 rings (SSSR count). The van der Waals surface area contributed by atoms with E-state index >= 15 is 0 Å². The van der Waals surface area contributed by atoms with Crippen molar-refractivity contribution in [2.45, 2.75) is 12.5 Å². The maximum absolute atomic E-state index is 13.6. The van der Waals surface area contributed by atoms with Crippen LogP contribution in [-0.4, -0.2) is 5.11 Å². The van der Waals surface area contributed by atoms with Gasteiger partial charge in [0, 0.05) is 26.4 Å². The minimum Gasteiger partial charge on any atom is -0.388 e. The molecule has 0 saturated carbocycles. The largest absolute Gasteiger partial charge is 0.388 e. The molecule has 1 atom stereocenters. The SMILES string of the molecule is OC(Cc1sccc1Br)c1ccc(Cl)cc1F. The van der Waals surface area contributed by atoms with Gasteiger partial charge < -0.3 is 5.11 Å². The molecule has 1 nitrogen and oxygen atoms in total. The Hall–Kier alpha value is -0.420. The molecule has 0 aliphatic rings. The van der Waals surface area contributed by atoms with E-state index in [1.807, 2.05) is 11.4 Å². The van der Waals surface area contributed by atoms with Gasteiger partial charge in [-0.1, -0.05) is 17.7 Å². The highest BCUT2D eigenvalue weighted by atomic mass is 79.9. The quantitative estimate of drug-likeness (QED) is 0.870. The molecule has 1 aromatic heterocycles. The van der Waals surface area contributed by atoms with Gasteiger partial charge in [-0.25, -0.2) is 4.39 Å². The van der Waals surface area contributed by atoms with E-state index in [1.165, 1.54) is 23.5 Å². The lowest BCUT2D eigenvalue weighted by Crippen LogP contribution is -2.03. The predicted octanol–water partition coefficient (Wildman–Crippen LogP) is 4.58. The molecule has 5 heteroatoms. The maximum Gasteiger partial charge on any atom is 0.130 e. The zero-order valence-electron chi connectivity index (χ0n) is 8.66. The number of rotatable bonds is 3. The van der Waals surface area contributed by atoms with Crippen molar-refractivity contribution in [3.63, 3.8) is 0 Å². The molecule has 1 unspecified atom stereocenters. The van der Waals surface area contributed by atoms with E-state index in [-0.39, 0.29) is 5.56 Å². The summed E-state index contributed by atoms with van der Waals surface area (Å²) in [7, 11) is 0. The minimum atomic E-state index is -0.859. The van der Waals surface area contributed by atoms with Crippen molar-refractivity contribution in [2.75, 3.05) is 0 Å². The number of aliphatic hydroxyl groups excluding tert-OH is 1. The number of hydrogen-bond donors (Lipinski definition) is 1. The topological polar surface area (TPSA) is 20.2 Å². The lowest BCUT2D eigenvalue weighted by atomic mass is 10.1. The molecular weight excluding hydrogens is 327 g/mol. The van der Waals surface area contributed by atoms with Crippen LogP contribution >= 0.6 is 38.9 Å². The van der Waals surface area contributed by atoms with Gasteiger partial charge in [0.15, 0.2) is 0 Å². The molecule has 1 aromatic carbocycles. The summed E-state index contributed by atoms with van der Waals surface area (Å²) in [4.78, 5) is 0.992. The van der Waals surface area contributed by atoms with Gasteiger partial charge in [-0.3, -0.25) is 0 Å². The average molecular weight is 336 g/mol. The van der Waals surface area contributed by atoms with Crippen LogP contribution in [0.4, 0.5) is 4.39 Å². The lowest BCUT2D eigenvalue weighted by Gasteiger charge is -2.11. The second-order valence-corrected chi connectivity index (χ2v) is 5.87. The Morgan fingerprint density at radius 1 is 1.41 bits per heavy atom. The molecule has 2 aromatic rings. The van der Waals surface area contributed by atoms with Crippen LogP contribution in [0.15, 0.2) is 34.1 Å². The Labute approximate surface area is 116 Å². The molecule has 0 aliphatic heterocycles. The molecule has 0 fully saturated rings. The molecule has 0 amide bonds. The van der Waals surface area contributed by atoms with Gasteiger partial charge >= 0.3 is 0 Å². The van der Waals surface area contributed by atoms with E-state index in [4.69, 9.17) is 11.6 Å². The van der Waals surface area contributed by atoms with Crippen LogP contribution in [0.25, 0.3) is 0 Å². The molecule has 0 radical (unpaired) electrons. The van der Waals surface area contributed by atoms with Crippen LogP contribution in [0.3, 0.4) is 0 Å². The van der Waals surface area contributed by atoms with Crippen LogP contribution in [-0.2, 0) is 6.42 Å². The van der Waals surface area contributed by atoms with E-state index in [0.717, 1.165) is 9.35 Å². The molecular formula is C12H9BrClFOS. The Kier molecular flexibility index (Phi) is 4.20. The smallest absolute Gasteiger partial charge is 0.130 e. The molecule has 0 aliphatic carbocycles. The van der Waals surface area contributed by atoms with Crippen molar-refractivity contribution in [3.05, 3.63) is 55.4 Å². The molecule has 0 bridgehead atoms. The van der Waals surface area contributed by atoms with Crippen molar-refractivity contribution in [1.82, 2.24) is 0 Å². The molecule has 17 heavy (non-hydrogen) atoms. The summed E-state index contributed by atoms with van der Waals surface area (Å²) >= 11 is 10.6. The Bertz CT molecular complexity index is 529. The third kappa shape index (κ3) is 3.07. The maximum atomic E-state index is 13.6. The van der Waals surface area contributed by atoms with Crippen LogP contribution in [0.2, 0.25) is 5.02 Å². The zero-order valence-corrected chi connectivity index (χ0v) is 11.8. The van der Waals surface area contributed by atoms with Crippen LogP contribution in [0, 0.1) is 5.82 Å². The highest BCUT2D eigenvalue weighted by Gasteiger charge is 2.15. The summed E-state index contributed by atoms with van der Waals surface area (Å²) in [6, 6.07) is 6.21. The minimum absolute atomic E-state index is 0.273. The van der Waals surface area contributed by atoms with Crippen molar-refractivity contribution in [3.8, 4) is 0 Å². The first-order valence-electron chi connectivity index (χ1n) is 4.93. The monoisotopic (exact) mass is 334 g/mol. The van der Waals surface area contributed by atoms with E-state index in [0.29, 0.717) is 11.4 Å². The van der Waals surface area contributed by atoms with Crippen molar-refractivity contribution in [1.29, 1.82) is 0 Å². The zero-order chi connectivity index (χ0) is 12.4. The van der Waals surface area contributed by atoms with Gasteiger partial charge in [0.05, 0.1) is 6.10 Å². The first kappa shape index (κ1) is 13.0. The molecule has 0 spiro atoms. The molecule has 0 saturated heterocycles.